The summed E-state index contributed by atoms with van der Waals surface area (Å²) >= 11 is 0. The van der Waals surface area contributed by atoms with Crippen LogP contribution in [-0.4, -0.2) is 44.2 Å². The van der Waals surface area contributed by atoms with E-state index in [4.69, 9.17) is 0 Å². The van der Waals surface area contributed by atoms with Crippen LogP contribution in [0.4, 0.5) is 5.69 Å². The largest absolute Gasteiger partial charge is 0.354 e. The molecule has 5 rings (SSSR count). The first-order valence-corrected chi connectivity index (χ1v) is 11.6. The Kier molecular flexibility index (Phi) is 6.13. The highest BCUT2D eigenvalue weighted by Crippen LogP contribution is 2.24. The van der Waals surface area contributed by atoms with Gasteiger partial charge in [0.1, 0.15) is 11.7 Å². The van der Waals surface area contributed by atoms with Gasteiger partial charge in [0.15, 0.2) is 5.65 Å². The SMILES string of the molecule is Cc1cccc(Cn2cnc3c(cnn3CCNC(=O)C3CC(=O)N(c4ccccc4)C3)c2=O)c1. The maximum absolute atomic E-state index is 12.9. The topological polar surface area (TPSA) is 102 Å². The van der Waals surface area contributed by atoms with Crippen LogP contribution >= 0.6 is 0 Å². The molecule has 2 aromatic heterocycles. The summed E-state index contributed by atoms with van der Waals surface area (Å²) in [6.07, 6.45) is 3.24. The van der Waals surface area contributed by atoms with Gasteiger partial charge in [-0.25, -0.2) is 9.67 Å². The van der Waals surface area contributed by atoms with Gasteiger partial charge in [0.25, 0.3) is 5.56 Å². The van der Waals surface area contributed by atoms with Crippen LogP contribution in [0, 0.1) is 12.8 Å². The van der Waals surface area contributed by atoms with Gasteiger partial charge in [-0.05, 0) is 24.6 Å². The van der Waals surface area contributed by atoms with E-state index in [1.54, 1.807) is 14.1 Å². The summed E-state index contributed by atoms with van der Waals surface area (Å²) in [7, 11) is 0. The Hall–Kier alpha value is -4.27. The molecule has 1 unspecified atom stereocenters. The van der Waals surface area contributed by atoms with E-state index in [-0.39, 0.29) is 23.8 Å². The normalized spacial score (nSPS) is 15.6. The number of carbonyl (C=O) groups excluding carboxylic acids is 2. The lowest BCUT2D eigenvalue weighted by atomic mass is 10.1. The van der Waals surface area contributed by atoms with Crippen molar-refractivity contribution in [1.29, 1.82) is 0 Å². The standard InChI is InChI=1S/C26H26N6O3/c1-18-6-5-7-19(12-18)15-30-17-28-24-22(26(30)35)14-29-32(24)11-10-27-25(34)20-13-23(33)31(16-20)21-8-3-2-4-9-21/h2-9,12,14,17,20H,10-11,13,15-16H2,1H3,(H,27,34). The van der Waals surface area contributed by atoms with Crippen LogP contribution in [0.2, 0.25) is 0 Å². The Morgan fingerprint density at radius 2 is 1.94 bits per heavy atom. The molecule has 1 aliphatic rings. The monoisotopic (exact) mass is 470 g/mol. The van der Waals surface area contributed by atoms with E-state index in [2.05, 4.69) is 15.4 Å². The fourth-order valence-electron chi connectivity index (χ4n) is 4.45. The fraction of sp³-hybridized carbons (Fsp3) is 0.269. The summed E-state index contributed by atoms with van der Waals surface area (Å²) in [5.41, 5.74) is 3.29. The number of nitrogens with one attached hydrogen (secondary N) is 1. The minimum absolute atomic E-state index is 0.0550. The number of benzene rings is 2. The van der Waals surface area contributed by atoms with Gasteiger partial charge in [-0.15, -0.1) is 0 Å². The van der Waals surface area contributed by atoms with Crippen LogP contribution in [-0.2, 0) is 22.7 Å². The van der Waals surface area contributed by atoms with Gasteiger partial charge in [-0.3, -0.25) is 19.0 Å². The minimum atomic E-state index is -0.399. The number of anilines is 1. The summed E-state index contributed by atoms with van der Waals surface area (Å²) in [4.78, 5) is 44.1. The number of aromatic nitrogens is 4. The molecule has 0 radical (unpaired) electrons. The average molecular weight is 471 g/mol. The molecule has 2 amide bonds. The molecular weight excluding hydrogens is 444 g/mol. The molecule has 35 heavy (non-hydrogen) atoms. The highest BCUT2D eigenvalue weighted by Gasteiger charge is 2.34. The lowest BCUT2D eigenvalue weighted by molar-refractivity contribution is -0.126. The maximum Gasteiger partial charge on any atom is 0.264 e. The summed E-state index contributed by atoms with van der Waals surface area (Å²) in [6.45, 7) is 3.50. The van der Waals surface area contributed by atoms with Gasteiger partial charge in [-0.2, -0.15) is 5.10 Å². The zero-order valence-corrected chi connectivity index (χ0v) is 19.4. The number of rotatable bonds is 7. The number of carbonyl (C=O) groups is 2. The predicted octanol–water partition coefficient (Wildman–Crippen LogP) is 2.12. The zero-order valence-electron chi connectivity index (χ0n) is 19.4. The lowest BCUT2D eigenvalue weighted by Gasteiger charge is -2.16. The van der Waals surface area contributed by atoms with Crippen LogP contribution in [0.3, 0.4) is 0 Å². The number of hydrogen-bond acceptors (Lipinski definition) is 5. The van der Waals surface area contributed by atoms with Crippen LogP contribution in [0.1, 0.15) is 17.5 Å². The molecule has 9 heteroatoms. The number of fused-ring (bicyclic) bond motifs is 1. The van der Waals surface area contributed by atoms with E-state index in [9.17, 15) is 14.4 Å². The van der Waals surface area contributed by atoms with Gasteiger partial charge < -0.3 is 10.2 Å². The van der Waals surface area contributed by atoms with Gasteiger partial charge in [-0.1, -0.05) is 48.0 Å². The molecule has 1 saturated heterocycles. The summed E-state index contributed by atoms with van der Waals surface area (Å²) in [6, 6.07) is 17.4. The Labute approximate surface area is 202 Å². The van der Waals surface area contributed by atoms with E-state index >= 15 is 0 Å². The predicted molar refractivity (Wildman–Crippen MR) is 132 cm³/mol. The summed E-state index contributed by atoms with van der Waals surface area (Å²) in [5, 5.41) is 7.63. The van der Waals surface area contributed by atoms with Crippen molar-refractivity contribution in [3.63, 3.8) is 0 Å². The van der Waals surface area contributed by atoms with Gasteiger partial charge in [0, 0.05) is 25.2 Å². The first-order chi connectivity index (χ1) is 17.0. The second-order valence-electron chi connectivity index (χ2n) is 8.80. The quantitative estimate of drug-likeness (QED) is 0.446. The number of amides is 2. The zero-order chi connectivity index (χ0) is 24.4. The van der Waals surface area contributed by atoms with E-state index in [0.29, 0.717) is 37.2 Å². The first kappa shape index (κ1) is 22.5. The van der Waals surface area contributed by atoms with Crippen LogP contribution in [0.5, 0.6) is 0 Å². The van der Waals surface area contributed by atoms with Crippen LogP contribution in [0.15, 0.2) is 71.9 Å². The van der Waals surface area contributed by atoms with Crippen molar-refractivity contribution in [3.05, 3.63) is 88.6 Å². The number of hydrogen-bond donors (Lipinski definition) is 1. The third-order valence-electron chi connectivity index (χ3n) is 6.24. The van der Waals surface area contributed by atoms with Gasteiger partial charge >= 0.3 is 0 Å². The maximum atomic E-state index is 12.9. The average Bonchev–Trinajstić information content (AvgIpc) is 3.45. The van der Waals surface area contributed by atoms with Crippen molar-refractivity contribution in [3.8, 4) is 0 Å². The van der Waals surface area contributed by atoms with E-state index in [0.717, 1.165) is 16.8 Å². The van der Waals surface area contributed by atoms with E-state index in [1.165, 1.54) is 12.5 Å². The molecular formula is C26H26N6O3. The van der Waals surface area contributed by atoms with Crippen molar-refractivity contribution in [2.75, 3.05) is 18.0 Å². The fourth-order valence-corrected chi connectivity index (χ4v) is 4.45. The molecule has 1 fully saturated rings. The highest BCUT2D eigenvalue weighted by molar-refractivity contribution is 6.00. The van der Waals surface area contributed by atoms with E-state index < -0.39 is 5.92 Å². The molecule has 1 atom stereocenters. The van der Waals surface area contributed by atoms with E-state index in [1.807, 2.05) is 61.5 Å². The van der Waals surface area contributed by atoms with Gasteiger partial charge in [0.2, 0.25) is 11.8 Å². The number of aryl methyl sites for hydroxylation is 1. The van der Waals surface area contributed by atoms with Gasteiger partial charge in [0.05, 0.1) is 25.2 Å². The summed E-state index contributed by atoms with van der Waals surface area (Å²) < 4.78 is 3.19. The van der Waals surface area contributed by atoms with Crippen LogP contribution < -0.4 is 15.8 Å². The molecule has 4 aromatic rings. The Bertz CT molecular complexity index is 1440. The van der Waals surface area contributed by atoms with Crippen molar-refractivity contribution < 1.29 is 9.59 Å². The highest BCUT2D eigenvalue weighted by atomic mass is 16.2. The Morgan fingerprint density at radius 1 is 1.11 bits per heavy atom. The molecule has 0 aliphatic carbocycles. The summed E-state index contributed by atoms with van der Waals surface area (Å²) in [5.74, 6) is -0.619. The van der Waals surface area contributed by atoms with Crippen molar-refractivity contribution >= 4 is 28.5 Å². The smallest absolute Gasteiger partial charge is 0.264 e. The molecule has 0 saturated carbocycles. The first-order valence-electron chi connectivity index (χ1n) is 11.6. The molecule has 0 spiro atoms. The Balaban J connectivity index is 1.21. The molecule has 0 bridgehead atoms. The molecule has 1 N–H and O–H groups in total. The van der Waals surface area contributed by atoms with Crippen LogP contribution in [0.25, 0.3) is 11.0 Å². The molecule has 9 nitrogen and oxygen atoms in total. The second-order valence-corrected chi connectivity index (χ2v) is 8.80. The number of nitrogens with zero attached hydrogens (tertiary/aromatic N) is 5. The van der Waals surface area contributed by atoms with Crippen molar-refractivity contribution in [2.45, 2.75) is 26.4 Å². The molecule has 1 aliphatic heterocycles. The molecule has 3 heterocycles. The Morgan fingerprint density at radius 3 is 2.74 bits per heavy atom. The minimum Gasteiger partial charge on any atom is -0.354 e. The third-order valence-corrected chi connectivity index (χ3v) is 6.24. The lowest BCUT2D eigenvalue weighted by Crippen LogP contribution is -2.35. The molecule has 178 valence electrons. The number of para-hydroxylation sites is 1. The third kappa shape index (κ3) is 4.70. The van der Waals surface area contributed by atoms with Crippen molar-refractivity contribution in [1.82, 2.24) is 24.6 Å². The van der Waals surface area contributed by atoms with Crippen molar-refractivity contribution in [2.24, 2.45) is 5.92 Å². The second kappa shape index (κ2) is 9.54. The molecule has 2 aromatic carbocycles.